The van der Waals surface area contributed by atoms with E-state index in [2.05, 4.69) is 11.4 Å². The Morgan fingerprint density at radius 1 is 1.06 bits per heavy atom. The van der Waals surface area contributed by atoms with Crippen LogP contribution in [0.2, 0.25) is 0 Å². The van der Waals surface area contributed by atoms with Crippen LogP contribution in [0.4, 0.5) is 13.2 Å². The van der Waals surface area contributed by atoms with Crippen molar-refractivity contribution in [3.8, 4) is 6.07 Å². The van der Waals surface area contributed by atoms with E-state index in [1.165, 1.54) is 0 Å². The molecule has 0 radical (unpaired) electrons. The highest BCUT2D eigenvalue weighted by atomic mass is 19.4. The number of nitriles is 1. The Hall–Kier alpha value is -0.760. The van der Waals surface area contributed by atoms with E-state index in [4.69, 9.17) is 0 Å². The lowest BCUT2D eigenvalue weighted by molar-refractivity contribution is -0.132. The summed E-state index contributed by atoms with van der Waals surface area (Å²) in [6, 6.07) is 2.18. The van der Waals surface area contributed by atoms with Gasteiger partial charge in [0.05, 0.1) is 12.6 Å². The Morgan fingerprint density at radius 2 is 1.53 bits per heavy atom. The van der Waals surface area contributed by atoms with Crippen LogP contribution in [0.5, 0.6) is 0 Å². The molecule has 2 rings (SSSR count). The van der Waals surface area contributed by atoms with Gasteiger partial charge >= 0.3 is 6.18 Å². The van der Waals surface area contributed by atoms with Crippen LogP contribution in [0.1, 0.15) is 38.5 Å². The molecule has 0 heterocycles. The molecular weight excluding hydrogens is 229 g/mol. The molecule has 0 atom stereocenters. The number of hydrogen-bond acceptors (Lipinski definition) is 2. The van der Waals surface area contributed by atoms with Gasteiger partial charge in [0.2, 0.25) is 0 Å². The molecule has 2 nitrogen and oxygen atoms in total. The summed E-state index contributed by atoms with van der Waals surface area (Å²) in [7, 11) is 0. The molecule has 96 valence electrons. The average Bonchev–Trinajstić information content (AvgIpc) is 2.06. The maximum absolute atomic E-state index is 12.3. The summed E-state index contributed by atoms with van der Waals surface area (Å²) < 4.78 is 37.0. The first-order chi connectivity index (χ1) is 7.98. The fraction of sp³-hybridized carbons (Fsp3) is 0.917. The van der Waals surface area contributed by atoms with Gasteiger partial charge in [0.15, 0.2) is 0 Å². The minimum absolute atomic E-state index is 0.111. The summed E-state index contributed by atoms with van der Waals surface area (Å²) in [5, 5.41) is 11.9. The summed E-state index contributed by atoms with van der Waals surface area (Å²) in [6.45, 7) is -1.05. The number of nitrogens with zero attached hydrogens (tertiary/aromatic N) is 1. The third-order valence-electron chi connectivity index (χ3n) is 4.26. The smallest absolute Gasteiger partial charge is 0.291 e. The first-order valence-electron chi connectivity index (χ1n) is 6.21. The second-order valence-corrected chi connectivity index (χ2v) is 5.21. The third kappa shape index (κ3) is 2.42. The Kier molecular flexibility index (Phi) is 3.35. The van der Waals surface area contributed by atoms with E-state index in [0.29, 0.717) is 0 Å². The lowest BCUT2D eigenvalue weighted by Gasteiger charge is -2.49. The minimum Gasteiger partial charge on any atom is -0.291 e. The standard InChI is InChI=1S/C12H17F3N2/c13-12(14,15)8-17-11(7-16,9-3-1-4-9)10-5-2-6-10/h9-10,17H,1-6,8H2. The molecule has 0 amide bonds. The second-order valence-electron chi connectivity index (χ2n) is 5.21. The van der Waals surface area contributed by atoms with Crippen molar-refractivity contribution in [1.29, 1.82) is 5.26 Å². The molecule has 2 aliphatic carbocycles. The molecule has 2 aliphatic rings. The first kappa shape index (κ1) is 12.7. The van der Waals surface area contributed by atoms with Crippen molar-refractivity contribution in [3.05, 3.63) is 0 Å². The van der Waals surface area contributed by atoms with Gasteiger partial charge in [0, 0.05) is 0 Å². The Balaban J connectivity index is 2.07. The van der Waals surface area contributed by atoms with Gasteiger partial charge in [-0.3, -0.25) is 5.32 Å². The summed E-state index contributed by atoms with van der Waals surface area (Å²) in [6.07, 6.45) is 1.37. The maximum Gasteiger partial charge on any atom is 0.401 e. The number of halogens is 3. The predicted molar refractivity (Wildman–Crippen MR) is 57.1 cm³/mol. The second kappa shape index (κ2) is 4.49. The van der Waals surface area contributed by atoms with Crippen LogP contribution < -0.4 is 5.32 Å². The zero-order valence-corrected chi connectivity index (χ0v) is 9.69. The largest absolute Gasteiger partial charge is 0.401 e. The quantitative estimate of drug-likeness (QED) is 0.827. The Labute approximate surface area is 99.2 Å². The zero-order chi connectivity index (χ0) is 12.5. The molecule has 0 aromatic rings. The van der Waals surface area contributed by atoms with Crippen molar-refractivity contribution in [2.24, 2.45) is 11.8 Å². The normalized spacial score (nSPS) is 22.7. The zero-order valence-electron chi connectivity index (χ0n) is 9.69. The highest BCUT2D eigenvalue weighted by Gasteiger charge is 2.51. The van der Waals surface area contributed by atoms with Gasteiger partial charge in [-0.25, -0.2) is 0 Å². The van der Waals surface area contributed by atoms with Gasteiger partial charge in [0.1, 0.15) is 5.54 Å². The van der Waals surface area contributed by atoms with Crippen LogP contribution in [0.25, 0.3) is 0 Å². The molecule has 5 heteroatoms. The lowest BCUT2D eigenvalue weighted by atomic mass is 9.60. The van der Waals surface area contributed by atoms with E-state index in [1.807, 2.05) is 0 Å². The molecule has 2 saturated carbocycles. The monoisotopic (exact) mass is 246 g/mol. The molecule has 1 N–H and O–H groups in total. The molecule has 17 heavy (non-hydrogen) atoms. The highest BCUT2D eigenvalue weighted by molar-refractivity contribution is 5.18. The molecule has 0 saturated heterocycles. The van der Waals surface area contributed by atoms with Crippen molar-refractivity contribution in [1.82, 2.24) is 5.32 Å². The van der Waals surface area contributed by atoms with Crippen molar-refractivity contribution in [2.45, 2.75) is 50.2 Å². The summed E-state index contributed by atoms with van der Waals surface area (Å²) in [5.74, 6) is 0.222. The number of nitrogens with one attached hydrogen (secondary N) is 1. The molecule has 0 spiro atoms. The molecule has 2 fully saturated rings. The average molecular weight is 246 g/mol. The fourth-order valence-corrected chi connectivity index (χ4v) is 2.82. The number of rotatable bonds is 4. The molecule has 0 aromatic heterocycles. The highest BCUT2D eigenvalue weighted by Crippen LogP contribution is 2.47. The van der Waals surface area contributed by atoms with Gasteiger partial charge in [0.25, 0.3) is 0 Å². The van der Waals surface area contributed by atoms with Gasteiger partial charge in [-0.05, 0) is 37.5 Å². The van der Waals surface area contributed by atoms with Crippen LogP contribution in [0.15, 0.2) is 0 Å². The van der Waals surface area contributed by atoms with Gasteiger partial charge in [-0.2, -0.15) is 18.4 Å². The van der Waals surface area contributed by atoms with Crippen molar-refractivity contribution in [3.63, 3.8) is 0 Å². The molecular formula is C12H17F3N2. The minimum atomic E-state index is -4.24. The summed E-state index contributed by atoms with van der Waals surface area (Å²) >= 11 is 0. The SMILES string of the molecule is N#CC(NCC(F)(F)F)(C1CCC1)C1CCC1. The van der Waals surface area contributed by atoms with Gasteiger partial charge in [-0.1, -0.05) is 12.8 Å². The fourth-order valence-electron chi connectivity index (χ4n) is 2.82. The summed E-state index contributed by atoms with van der Waals surface area (Å²) in [5.41, 5.74) is -0.925. The number of alkyl halides is 3. The van der Waals surface area contributed by atoms with Gasteiger partial charge < -0.3 is 0 Å². The van der Waals surface area contributed by atoms with Crippen LogP contribution >= 0.6 is 0 Å². The van der Waals surface area contributed by atoms with E-state index in [-0.39, 0.29) is 11.8 Å². The van der Waals surface area contributed by atoms with E-state index in [1.54, 1.807) is 0 Å². The van der Waals surface area contributed by atoms with Crippen LogP contribution in [0.3, 0.4) is 0 Å². The molecule has 0 bridgehead atoms. The summed E-state index contributed by atoms with van der Waals surface area (Å²) in [4.78, 5) is 0. The Bertz CT molecular complexity index is 297. The predicted octanol–water partition coefficient (Wildman–Crippen LogP) is 3.00. The van der Waals surface area contributed by atoms with Crippen LogP contribution in [0, 0.1) is 23.2 Å². The molecule has 0 unspecified atom stereocenters. The van der Waals surface area contributed by atoms with Crippen molar-refractivity contribution in [2.75, 3.05) is 6.54 Å². The Morgan fingerprint density at radius 3 is 1.76 bits per heavy atom. The van der Waals surface area contributed by atoms with Crippen molar-refractivity contribution < 1.29 is 13.2 Å². The van der Waals surface area contributed by atoms with Crippen molar-refractivity contribution >= 4 is 0 Å². The third-order valence-corrected chi connectivity index (χ3v) is 4.26. The topological polar surface area (TPSA) is 35.8 Å². The first-order valence-corrected chi connectivity index (χ1v) is 6.21. The molecule has 0 aromatic carbocycles. The maximum atomic E-state index is 12.3. The van der Waals surface area contributed by atoms with Crippen LogP contribution in [-0.2, 0) is 0 Å². The van der Waals surface area contributed by atoms with E-state index in [0.717, 1.165) is 38.5 Å². The van der Waals surface area contributed by atoms with E-state index in [9.17, 15) is 18.4 Å². The van der Waals surface area contributed by atoms with E-state index >= 15 is 0 Å². The van der Waals surface area contributed by atoms with Gasteiger partial charge in [-0.15, -0.1) is 0 Å². The lowest BCUT2D eigenvalue weighted by Crippen LogP contribution is -2.61. The van der Waals surface area contributed by atoms with E-state index < -0.39 is 18.3 Å². The molecule has 0 aliphatic heterocycles. The number of hydrogen-bond donors (Lipinski definition) is 1. The van der Waals surface area contributed by atoms with Crippen LogP contribution in [-0.4, -0.2) is 18.3 Å².